The predicted molar refractivity (Wildman–Crippen MR) is 87.3 cm³/mol. The van der Waals surface area contributed by atoms with Gasteiger partial charge in [0, 0.05) is 23.2 Å². The zero-order valence-electron chi connectivity index (χ0n) is 10.8. The number of hydrogen-bond acceptors (Lipinski definition) is 3. The van der Waals surface area contributed by atoms with Gasteiger partial charge in [0.1, 0.15) is 11.6 Å². The quantitative estimate of drug-likeness (QED) is 0.674. The minimum Gasteiger partial charge on any atom is -0.437 e. The van der Waals surface area contributed by atoms with E-state index in [0.717, 1.165) is 23.3 Å². The van der Waals surface area contributed by atoms with Gasteiger partial charge in [-0.25, -0.2) is 0 Å². The third-order valence-electron chi connectivity index (χ3n) is 2.47. The van der Waals surface area contributed by atoms with E-state index >= 15 is 0 Å². The molecular formula is C14H13BrCl2N2O. The minimum absolute atomic E-state index is 0.464. The van der Waals surface area contributed by atoms with E-state index < -0.39 is 0 Å². The van der Waals surface area contributed by atoms with E-state index in [2.05, 4.69) is 33.2 Å². The molecule has 0 amide bonds. The van der Waals surface area contributed by atoms with Crippen LogP contribution < -0.4 is 10.1 Å². The number of rotatable bonds is 5. The largest absolute Gasteiger partial charge is 0.437 e. The molecule has 1 heterocycles. The zero-order valence-corrected chi connectivity index (χ0v) is 13.9. The molecule has 0 aliphatic heterocycles. The van der Waals surface area contributed by atoms with Gasteiger partial charge < -0.3 is 10.1 Å². The number of aromatic nitrogens is 1. The van der Waals surface area contributed by atoms with Crippen LogP contribution in [0.5, 0.6) is 11.6 Å². The van der Waals surface area contributed by atoms with Crippen molar-refractivity contribution in [2.75, 3.05) is 11.9 Å². The van der Waals surface area contributed by atoms with Crippen LogP contribution in [-0.2, 0) is 0 Å². The predicted octanol–water partition coefficient (Wildman–Crippen LogP) is 5.77. The summed E-state index contributed by atoms with van der Waals surface area (Å²) in [6.45, 7) is 2.96. The molecule has 0 fully saturated rings. The molecule has 0 atom stereocenters. The van der Waals surface area contributed by atoms with Gasteiger partial charge in [-0.3, -0.25) is 0 Å². The monoisotopic (exact) mass is 374 g/mol. The molecule has 1 aromatic carbocycles. The molecule has 0 spiro atoms. The Morgan fingerprint density at radius 3 is 2.80 bits per heavy atom. The molecular weight excluding hydrogens is 363 g/mol. The SMILES string of the molecule is CCCNc1cccc(Oc2cc(Cl)c(Br)cc2Cl)n1. The molecule has 2 aromatic rings. The van der Waals surface area contributed by atoms with Gasteiger partial charge in [0.15, 0.2) is 0 Å². The van der Waals surface area contributed by atoms with Gasteiger partial charge in [0.2, 0.25) is 5.88 Å². The Hall–Kier alpha value is -0.970. The second-order valence-corrected chi connectivity index (χ2v) is 5.76. The van der Waals surface area contributed by atoms with E-state index in [4.69, 9.17) is 27.9 Å². The van der Waals surface area contributed by atoms with E-state index in [1.165, 1.54) is 0 Å². The number of hydrogen-bond donors (Lipinski definition) is 1. The molecule has 6 heteroatoms. The van der Waals surface area contributed by atoms with Crippen LogP contribution in [0, 0.1) is 0 Å². The lowest BCUT2D eigenvalue weighted by molar-refractivity contribution is 0.464. The third kappa shape index (κ3) is 4.01. The number of halogens is 3. The summed E-state index contributed by atoms with van der Waals surface area (Å²) in [4.78, 5) is 4.35. The topological polar surface area (TPSA) is 34.1 Å². The molecule has 1 aromatic heterocycles. The molecule has 106 valence electrons. The van der Waals surface area contributed by atoms with Crippen molar-refractivity contribution >= 4 is 44.9 Å². The Morgan fingerprint density at radius 1 is 1.25 bits per heavy atom. The van der Waals surface area contributed by atoms with Gasteiger partial charge in [-0.05, 0) is 34.5 Å². The first kappa shape index (κ1) is 15.4. The fraction of sp³-hybridized carbons (Fsp3) is 0.214. The smallest absolute Gasteiger partial charge is 0.221 e. The van der Waals surface area contributed by atoms with Crippen molar-refractivity contribution < 1.29 is 4.74 Å². The first-order valence-electron chi connectivity index (χ1n) is 6.13. The number of anilines is 1. The minimum atomic E-state index is 0.464. The molecule has 0 radical (unpaired) electrons. The highest BCUT2D eigenvalue weighted by atomic mass is 79.9. The van der Waals surface area contributed by atoms with Crippen LogP contribution in [0.25, 0.3) is 0 Å². The first-order valence-corrected chi connectivity index (χ1v) is 7.68. The summed E-state index contributed by atoms with van der Waals surface area (Å²) in [6, 6.07) is 8.87. The molecule has 0 saturated heterocycles. The molecule has 0 bridgehead atoms. The van der Waals surface area contributed by atoms with Gasteiger partial charge in [0.05, 0.1) is 10.0 Å². The number of pyridine rings is 1. The van der Waals surface area contributed by atoms with E-state index in [1.54, 1.807) is 18.2 Å². The van der Waals surface area contributed by atoms with Crippen molar-refractivity contribution in [1.82, 2.24) is 4.98 Å². The highest BCUT2D eigenvalue weighted by Gasteiger charge is 2.09. The number of benzene rings is 1. The van der Waals surface area contributed by atoms with Crippen molar-refractivity contribution in [3.63, 3.8) is 0 Å². The van der Waals surface area contributed by atoms with Gasteiger partial charge in [-0.1, -0.05) is 36.2 Å². The van der Waals surface area contributed by atoms with Crippen LogP contribution in [0.4, 0.5) is 5.82 Å². The van der Waals surface area contributed by atoms with Gasteiger partial charge in [-0.2, -0.15) is 4.98 Å². The Labute approximate surface area is 136 Å². The second-order valence-electron chi connectivity index (χ2n) is 4.09. The molecule has 2 rings (SSSR count). The van der Waals surface area contributed by atoms with Crippen LogP contribution in [0.3, 0.4) is 0 Å². The molecule has 1 N–H and O–H groups in total. The lowest BCUT2D eigenvalue weighted by atomic mass is 10.3. The fourth-order valence-electron chi connectivity index (χ4n) is 1.52. The Kier molecular flexibility index (Phi) is 5.52. The summed E-state index contributed by atoms with van der Waals surface area (Å²) >= 11 is 15.5. The number of nitrogens with zero attached hydrogens (tertiary/aromatic N) is 1. The standard InChI is InChI=1S/C14H13BrCl2N2O/c1-2-6-18-13-4-3-5-14(19-13)20-12-8-10(16)9(15)7-11(12)17/h3-5,7-8H,2,6H2,1H3,(H,18,19). The van der Waals surface area contributed by atoms with Crippen molar-refractivity contribution in [2.24, 2.45) is 0 Å². The van der Waals surface area contributed by atoms with Crippen LogP contribution in [0.1, 0.15) is 13.3 Å². The number of nitrogens with one attached hydrogen (secondary N) is 1. The summed E-state index contributed by atoms with van der Waals surface area (Å²) in [7, 11) is 0. The highest BCUT2D eigenvalue weighted by molar-refractivity contribution is 9.10. The van der Waals surface area contributed by atoms with Crippen molar-refractivity contribution in [3.8, 4) is 11.6 Å². The molecule has 0 aliphatic rings. The van der Waals surface area contributed by atoms with Gasteiger partial charge in [-0.15, -0.1) is 0 Å². The van der Waals surface area contributed by atoms with Crippen LogP contribution in [0.2, 0.25) is 10.0 Å². The summed E-state index contributed by atoms with van der Waals surface area (Å²) in [5, 5.41) is 4.20. The van der Waals surface area contributed by atoms with Gasteiger partial charge >= 0.3 is 0 Å². The average Bonchev–Trinajstić information content (AvgIpc) is 2.43. The maximum Gasteiger partial charge on any atom is 0.221 e. The van der Waals surface area contributed by atoms with E-state index in [1.807, 2.05) is 12.1 Å². The Balaban J connectivity index is 2.19. The maximum absolute atomic E-state index is 6.12. The Morgan fingerprint density at radius 2 is 2.05 bits per heavy atom. The lowest BCUT2D eigenvalue weighted by Crippen LogP contribution is -2.02. The first-order chi connectivity index (χ1) is 9.60. The van der Waals surface area contributed by atoms with Gasteiger partial charge in [0.25, 0.3) is 0 Å². The lowest BCUT2D eigenvalue weighted by Gasteiger charge is -2.10. The van der Waals surface area contributed by atoms with Crippen molar-refractivity contribution in [2.45, 2.75) is 13.3 Å². The second kappa shape index (κ2) is 7.16. The van der Waals surface area contributed by atoms with E-state index in [9.17, 15) is 0 Å². The molecule has 0 unspecified atom stereocenters. The van der Waals surface area contributed by atoms with E-state index in [-0.39, 0.29) is 0 Å². The molecule has 0 saturated carbocycles. The summed E-state index contributed by atoms with van der Waals surface area (Å²) in [5.74, 6) is 1.70. The number of ether oxygens (including phenoxy) is 1. The molecule has 3 nitrogen and oxygen atoms in total. The van der Waals surface area contributed by atoms with Crippen LogP contribution in [0.15, 0.2) is 34.8 Å². The summed E-state index contributed by atoms with van der Waals surface area (Å²) in [6.07, 6.45) is 1.03. The van der Waals surface area contributed by atoms with Crippen LogP contribution >= 0.6 is 39.1 Å². The highest BCUT2D eigenvalue weighted by Crippen LogP contribution is 2.36. The fourth-order valence-corrected chi connectivity index (χ4v) is 2.35. The summed E-state index contributed by atoms with van der Waals surface area (Å²) in [5.41, 5.74) is 0. The average molecular weight is 376 g/mol. The third-order valence-corrected chi connectivity index (χ3v) is 3.96. The van der Waals surface area contributed by atoms with Crippen molar-refractivity contribution in [1.29, 1.82) is 0 Å². The van der Waals surface area contributed by atoms with Crippen molar-refractivity contribution in [3.05, 3.63) is 44.8 Å². The van der Waals surface area contributed by atoms with E-state index in [0.29, 0.717) is 21.7 Å². The van der Waals surface area contributed by atoms with Crippen LogP contribution in [-0.4, -0.2) is 11.5 Å². The zero-order chi connectivity index (χ0) is 14.5. The Bertz CT molecular complexity index is 608. The summed E-state index contributed by atoms with van der Waals surface area (Å²) < 4.78 is 6.40. The molecule has 20 heavy (non-hydrogen) atoms. The molecule has 0 aliphatic carbocycles. The maximum atomic E-state index is 6.12. The normalized spacial score (nSPS) is 10.4.